The smallest absolute Gasteiger partial charge is 0.264 e. The van der Waals surface area contributed by atoms with Crippen molar-refractivity contribution in [2.75, 3.05) is 10.8 Å². The third kappa shape index (κ3) is 5.22. The molecular formula is C21H18ClN3O3S. The van der Waals surface area contributed by atoms with Crippen LogP contribution in [0.5, 0.6) is 0 Å². The summed E-state index contributed by atoms with van der Waals surface area (Å²) < 4.78 is 27.3. The molecule has 0 radical (unpaired) electrons. The zero-order chi connectivity index (χ0) is 20.7. The number of halogens is 1. The number of nitrogens with one attached hydrogen (secondary N) is 1. The van der Waals surface area contributed by atoms with Crippen LogP contribution in [-0.4, -0.2) is 27.1 Å². The molecule has 3 aromatic carbocycles. The van der Waals surface area contributed by atoms with Gasteiger partial charge in [-0.2, -0.15) is 5.10 Å². The number of hydrogen-bond acceptors (Lipinski definition) is 4. The molecule has 0 atom stereocenters. The van der Waals surface area contributed by atoms with Crippen LogP contribution in [0.25, 0.3) is 0 Å². The summed E-state index contributed by atoms with van der Waals surface area (Å²) in [6, 6.07) is 23.5. The molecule has 8 heteroatoms. The van der Waals surface area contributed by atoms with Crippen molar-refractivity contribution in [3.05, 3.63) is 95.5 Å². The van der Waals surface area contributed by atoms with Crippen molar-refractivity contribution >= 4 is 39.4 Å². The van der Waals surface area contributed by atoms with Gasteiger partial charge >= 0.3 is 0 Å². The summed E-state index contributed by atoms with van der Waals surface area (Å²) in [7, 11) is -4.01. The minimum atomic E-state index is -4.01. The lowest BCUT2D eigenvalue weighted by molar-refractivity contribution is -0.119. The zero-order valence-corrected chi connectivity index (χ0v) is 16.8. The Morgan fingerprint density at radius 1 is 0.931 bits per heavy atom. The quantitative estimate of drug-likeness (QED) is 0.461. The molecule has 6 nitrogen and oxygen atoms in total. The number of hydrogen-bond donors (Lipinski definition) is 1. The minimum absolute atomic E-state index is 0.0560. The van der Waals surface area contributed by atoms with E-state index in [0.29, 0.717) is 0 Å². The first-order valence-corrected chi connectivity index (χ1v) is 10.5. The Hall–Kier alpha value is -3.16. The van der Waals surface area contributed by atoms with E-state index >= 15 is 0 Å². The molecule has 148 valence electrons. The molecule has 0 heterocycles. The molecule has 0 saturated carbocycles. The number of carbonyl (C=O) groups is 1. The highest BCUT2D eigenvalue weighted by Crippen LogP contribution is 2.30. The number of rotatable bonds is 7. The van der Waals surface area contributed by atoms with Gasteiger partial charge in [0.15, 0.2) is 0 Å². The number of para-hydroxylation sites is 1. The molecule has 1 N–H and O–H groups in total. The van der Waals surface area contributed by atoms with Gasteiger partial charge < -0.3 is 0 Å². The first kappa shape index (κ1) is 20.6. The maximum absolute atomic E-state index is 13.2. The first-order chi connectivity index (χ1) is 14.0. The number of benzene rings is 3. The van der Waals surface area contributed by atoms with Gasteiger partial charge in [0, 0.05) is 0 Å². The second-order valence-electron chi connectivity index (χ2n) is 5.98. The number of anilines is 1. The standard InChI is InChI=1S/C21H18ClN3O3S/c22-19-13-7-8-14-20(19)25(29(27,28)18-11-5-2-6-12-18)16-21(26)24-23-15-17-9-3-1-4-10-17/h1-15H,16H2,(H,24,26)/b23-15-. The van der Waals surface area contributed by atoms with Gasteiger partial charge in [-0.15, -0.1) is 0 Å². The molecule has 0 unspecified atom stereocenters. The van der Waals surface area contributed by atoms with Crippen molar-refractivity contribution < 1.29 is 13.2 Å². The van der Waals surface area contributed by atoms with E-state index in [0.717, 1.165) is 9.87 Å². The number of amides is 1. The number of sulfonamides is 1. The third-order valence-electron chi connectivity index (χ3n) is 3.94. The minimum Gasteiger partial charge on any atom is -0.271 e. The average Bonchev–Trinajstić information content (AvgIpc) is 2.74. The third-order valence-corrected chi connectivity index (χ3v) is 6.04. The summed E-state index contributed by atoms with van der Waals surface area (Å²) in [5.74, 6) is -0.600. The Morgan fingerprint density at radius 2 is 1.52 bits per heavy atom. The van der Waals surface area contributed by atoms with E-state index in [2.05, 4.69) is 10.5 Å². The number of carbonyl (C=O) groups excluding carboxylic acids is 1. The van der Waals surface area contributed by atoms with Crippen LogP contribution in [0.4, 0.5) is 5.69 Å². The van der Waals surface area contributed by atoms with Crippen LogP contribution in [0.1, 0.15) is 5.56 Å². The fraction of sp³-hybridized carbons (Fsp3) is 0.0476. The molecule has 3 aromatic rings. The molecule has 0 bridgehead atoms. The van der Waals surface area contributed by atoms with Gasteiger partial charge in [-0.3, -0.25) is 9.10 Å². The molecular weight excluding hydrogens is 410 g/mol. The fourth-order valence-electron chi connectivity index (χ4n) is 2.56. The van der Waals surface area contributed by atoms with E-state index in [-0.39, 0.29) is 15.6 Å². The highest BCUT2D eigenvalue weighted by molar-refractivity contribution is 7.92. The van der Waals surface area contributed by atoms with Crippen molar-refractivity contribution in [2.45, 2.75) is 4.90 Å². The topological polar surface area (TPSA) is 78.8 Å². The van der Waals surface area contributed by atoms with Gasteiger partial charge in [-0.1, -0.05) is 72.3 Å². The highest BCUT2D eigenvalue weighted by Gasteiger charge is 2.28. The lowest BCUT2D eigenvalue weighted by Gasteiger charge is -2.24. The van der Waals surface area contributed by atoms with Crippen LogP contribution >= 0.6 is 11.6 Å². The van der Waals surface area contributed by atoms with Gasteiger partial charge in [0.1, 0.15) is 6.54 Å². The molecule has 0 aliphatic rings. The summed E-state index contributed by atoms with van der Waals surface area (Å²) in [5, 5.41) is 4.10. The van der Waals surface area contributed by atoms with Crippen molar-refractivity contribution in [3.63, 3.8) is 0 Å². The van der Waals surface area contributed by atoms with Gasteiger partial charge in [0.25, 0.3) is 15.9 Å². The Labute approximate surface area is 174 Å². The maximum atomic E-state index is 13.2. The molecule has 29 heavy (non-hydrogen) atoms. The van der Waals surface area contributed by atoms with E-state index in [1.165, 1.54) is 18.3 Å². The molecule has 0 saturated heterocycles. The molecule has 0 spiro atoms. The lowest BCUT2D eigenvalue weighted by Crippen LogP contribution is -2.39. The van der Waals surface area contributed by atoms with Crippen molar-refractivity contribution in [1.82, 2.24) is 5.43 Å². The molecule has 0 aromatic heterocycles. The molecule has 1 amide bonds. The molecule has 3 rings (SSSR count). The Bertz CT molecular complexity index is 1100. The first-order valence-electron chi connectivity index (χ1n) is 8.68. The van der Waals surface area contributed by atoms with Gasteiger partial charge in [-0.05, 0) is 29.8 Å². The van der Waals surface area contributed by atoms with Crippen LogP contribution in [0.3, 0.4) is 0 Å². The number of hydrazone groups is 1. The maximum Gasteiger partial charge on any atom is 0.264 e. The fourth-order valence-corrected chi connectivity index (χ4v) is 4.31. The van der Waals surface area contributed by atoms with Gasteiger partial charge in [0.2, 0.25) is 0 Å². The second kappa shape index (κ2) is 9.36. The van der Waals surface area contributed by atoms with E-state index < -0.39 is 22.5 Å². The van der Waals surface area contributed by atoms with Crippen molar-refractivity contribution in [3.8, 4) is 0 Å². The summed E-state index contributed by atoms with van der Waals surface area (Å²) in [5.41, 5.74) is 3.36. The van der Waals surface area contributed by atoms with Crippen LogP contribution in [0, 0.1) is 0 Å². The normalized spacial score (nSPS) is 11.3. The van der Waals surface area contributed by atoms with E-state index in [4.69, 9.17) is 11.6 Å². The van der Waals surface area contributed by atoms with Crippen LogP contribution in [0.2, 0.25) is 5.02 Å². The summed E-state index contributed by atoms with van der Waals surface area (Å²) in [4.78, 5) is 12.5. The van der Waals surface area contributed by atoms with Crippen LogP contribution in [-0.2, 0) is 14.8 Å². The lowest BCUT2D eigenvalue weighted by atomic mass is 10.2. The summed E-state index contributed by atoms with van der Waals surface area (Å²) >= 11 is 6.21. The van der Waals surface area contributed by atoms with Gasteiger partial charge in [-0.25, -0.2) is 13.8 Å². The second-order valence-corrected chi connectivity index (χ2v) is 8.25. The predicted molar refractivity (Wildman–Crippen MR) is 115 cm³/mol. The summed E-state index contributed by atoms with van der Waals surface area (Å²) in [6.45, 7) is -0.479. The van der Waals surface area contributed by atoms with Crippen molar-refractivity contribution in [2.24, 2.45) is 5.10 Å². The van der Waals surface area contributed by atoms with E-state index in [1.807, 2.05) is 30.3 Å². The highest BCUT2D eigenvalue weighted by atomic mass is 35.5. The van der Waals surface area contributed by atoms with Crippen LogP contribution < -0.4 is 9.73 Å². The largest absolute Gasteiger partial charge is 0.271 e. The zero-order valence-electron chi connectivity index (χ0n) is 15.3. The van der Waals surface area contributed by atoms with Gasteiger partial charge in [0.05, 0.1) is 21.8 Å². The molecule has 0 fully saturated rings. The average molecular weight is 428 g/mol. The Kier molecular flexibility index (Phi) is 6.64. The van der Waals surface area contributed by atoms with E-state index in [9.17, 15) is 13.2 Å². The summed E-state index contributed by atoms with van der Waals surface area (Å²) in [6.07, 6.45) is 1.48. The monoisotopic (exact) mass is 427 g/mol. The Balaban J connectivity index is 1.85. The van der Waals surface area contributed by atoms with E-state index in [1.54, 1.807) is 42.5 Å². The molecule has 0 aliphatic heterocycles. The SMILES string of the molecule is O=C(CN(c1ccccc1Cl)S(=O)(=O)c1ccccc1)N/N=C\c1ccccc1. The Morgan fingerprint density at radius 3 is 2.17 bits per heavy atom. The molecule has 0 aliphatic carbocycles. The number of nitrogens with zero attached hydrogens (tertiary/aromatic N) is 2. The van der Waals surface area contributed by atoms with Crippen LogP contribution in [0.15, 0.2) is 94.9 Å². The van der Waals surface area contributed by atoms with Crippen molar-refractivity contribution in [1.29, 1.82) is 0 Å². The predicted octanol–water partition coefficient (Wildman–Crippen LogP) is 3.69.